The van der Waals surface area contributed by atoms with Crippen LogP contribution < -0.4 is 5.73 Å². The summed E-state index contributed by atoms with van der Waals surface area (Å²) in [5, 5.41) is 0. The van der Waals surface area contributed by atoms with Crippen molar-refractivity contribution in [2.75, 3.05) is 0 Å². The Balaban J connectivity index is 3.07. The molecule has 0 aromatic carbocycles. The van der Waals surface area contributed by atoms with Gasteiger partial charge in [-0.2, -0.15) is 0 Å². The first-order chi connectivity index (χ1) is 31.8. The fraction of sp³-hybridized carbons (Fsp3) is 0.984. The van der Waals surface area contributed by atoms with Crippen LogP contribution in [-0.4, -0.2) is 5.91 Å². The Morgan fingerprint density at radius 3 is 0.375 bits per heavy atom. The predicted octanol–water partition coefficient (Wildman–Crippen LogP) is 22.9. The third kappa shape index (κ3) is 61.5. The van der Waals surface area contributed by atoms with Gasteiger partial charge in [-0.25, -0.2) is 0 Å². The minimum Gasteiger partial charge on any atom is -0.370 e. The van der Waals surface area contributed by atoms with Gasteiger partial charge in [0.1, 0.15) is 0 Å². The molecule has 0 saturated heterocycles. The summed E-state index contributed by atoms with van der Waals surface area (Å²) in [5.74, 6) is -0.145. The van der Waals surface area contributed by atoms with Gasteiger partial charge in [-0.1, -0.05) is 379 Å². The van der Waals surface area contributed by atoms with Crippen LogP contribution in [0.1, 0.15) is 392 Å². The lowest BCUT2D eigenvalue weighted by atomic mass is 10.0. The molecular formula is C62H125NO. The predicted molar refractivity (Wildman–Crippen MR) is 292 cm³/mol. The van der Waals surface area contributed by atoms with E-state index in [2.05, 4.69) is 6.92 Å². The normalized spacial score (nSPS) is 11.6. The summed E-state index contributed by atoms with van der Waals surface area (Å²) in [4.78, 5) is 10.8. The Labute approximate surface area is 407 Å². The van der Waals surface area contributed by atoms with E-state index in [9.17, 15) is 4.79 Å². The Kier molecular flexibility index (Phi) is 60.0. The average Bonchev–Trinajstić information content (AvgIpc) is 3.29. The molecule has 0 heterocycles. The van der Waals surface area contributed by atoms with Gasteiger partial charge in [0.05, 0.1) is 0 Å². The zero-order chi connectivity index (χ0) is 46.0. The van der Waals surface area contributed by atoms with Gasteiger partial charge in [0.2, 0.25) is 5.91 Å². The van der Waals surface area contributed by atoms with Crippen molar-refractivity contribution in [3.05, 3.63) is 0 Å². The van der Waals surface area contributed by atoms with E-state index >= 15 is 0 Å². The Morgan fingerprint density at radius 1 is 0.188 bits per heavy atom. The third-order valence-corrected chi connectivity index (χ3v) is 15.0. The van der Waals surface area contributed by atoms with Crippen LogP contribution in [0.15, 0.2) is 0 Å². The minimum atomic E-state index is -0.145. The van der Waals surface area contributed by atoms with Crippen LogP contribution in [-0.2, 0) is 4.79 Å². The van der Waals surface area contributed by atoms with Gasteiger partial charge in [0.15, 0.2) is 0 Å². The molecule has 1 amide bonds. The van der Waals surface area contributed by atoms with E-state index in [1.807, 2.05) is 0 Å². The van der Waals surface area contributed by atoms with Gasteiger partial charge in [0.25, 0.3) is 0 Å². The Bertz CT molecular complexity index is 809. The smallest absolute Gasteiger partial charge is 0.217 e. The standard InChI is InChI=1S/C62H125NO/c1-2-3-4-5-6-7-8-9-10-11-12-13-14-15-16-17-18-19-20-21-22-23-24-25-26-27-28-29-30-31-32-33-34-35-36-37-38-39-40-41-42-43-44-45-46-47-48-49-50-51-52-53-54-55-56-57-58-59-60-61-62(63)64/h2-61H2,1H3,(H2,63,64). The number of carbonyl (C=O) groups is 1. The lowest BCUT2D eigenvalue weighted by Crippen LogP contribution is -2.09. The lowest BCUT2D eigenvalue weighted by molar-refractivity contribution is -0.118. The molecule has 0 aliphatic heterocycles. The van der Waals surface area contributed by atoms with Crippen molar-refractivity contribution >= 4 is 5.91 Å². The average molecular weight is 901 g/mol. The SMILES string of the molecule is CCCCCCCCCCCCCCCCCCCCCCCCCCCCCCCCCCCCCCCCCCCCCCCCCCCCCCCCCCCCCC(N)=O. The molecule has 64 heavy (non-hydrogen) atoms. The largest absolute Gasteiger partial charge is 0.370 e. The molecule has 0 spiro atoms. The second kappa shape index (κ2) is 60.5. The zero-order valence-electron chi connectivity index (χ0n) is 44.9. The van der Waals surface area contributed by atoms with E-state index < -0.39 is 0 Å². The molecule has 2 nitrogen and oxygen atoms in total. The molecule has 0 atom stereocenters. The fourth-order valence-electron chi connectivity index (χ4n) is 10.4. The van der Waals surface area contributed by atoms with E-state index in [1.54, 1.807) is 0 Å². The molecule has 0 aromatic heterocycles. The van der Waals surface area contributed by atoms with Crippen LogP contribution >= 0.6 is 0 Å². The van der Waals surface area contributed by atoms with Crippen LogP contribution in [0.2, 0.25) is 0 Å². The summed E-state index contributed by atoms with van der Waals surface area (Å²) < 4.78 is 0. The molecule has 0 rings (SSSR count). The summed E-state index contributed by atoms with van der Waals surface area (Å²) in [7, 11) is 0. The Hall–Kier alpha value is -0.530. The molecule has 0 radical (unpaired) electrons. The van der Waals surface area contributed by atoms with E-state index in [0.717, 1.165) is 6.42 Å². The number of rotatable bonds is 60. The van der Waals surface area contributed by atoms with Crippen molar-refractivity contribution in [2.24, 2.45) is 5.73 Å². The van der Waals surface area contributed by atoms with Crippen molar-refractivity contribution < 1.29 is 4.79 Å². The first-order valence-electron chi connectivity index (χ1n) is 31.1. The van der Waals surface area contributed by atoms with Crippen LogP contribution in [0.25, 0.3) is 0 Å². The Morgan fingerprint density at radius 2 is 0.281 bits per heavy atom. The maximum atomic E-state index is 10.8. The van der Waals surface area contributed by atoms with Gasteiger partial charge >= 0.3 is 0 Å². The number of primary amides is 1. The molecule has 0 aliphatic rings. The molecule has 0 aliphatic carbocycles. The van der Waals surface area contributed by atoms with E-state index in [1.165, 1.54) is 372 Å². The summed E-state index contributed by atoms with van der Waals surface area (Å²) in [6, 6.07) is 0. The van der Waals surface area contributed by atoms with Gasteiger partial charge in [-0.3, -0.25) is 4.79 Å². The highest BCUT2D eigenvalue weighted by Crippen LogP contribution is 2.20. The summed E-state index contributed by atoms with van der Waals surface area (Å²) in [5.41, 5.74) is 5.20. The van der Waals surface area contributed by atoms with Crippen molar-refractivity contribution in [3.63, 3.8) is 0 Å². The number of hydrogen-bond donors (Lipinski definition) is 1. The monoisotopic (exact) mass is 900 g/mol. The third-order valence-electron chi connectivity index (χ3n) is 15.0. The molecule has 0 fully saturated rings. The van der Waals surface area contributed by atoms with Gasteiger partial charge in [-0.15, -0.1) is 0 Å². The van der Waals surface area contributed by atoms with Crippen molar-refractivity contribution in [2.45, 2.75) is 392 Å². The lowest BCUT2D eigenvalue weighted by Gasteiger charge is -2.05. The van der Waals surface area contributed by atoms with E-state index in [-0.39, 0.29) is 5.91 Å². The number of hydrogen-bond acceptors (Lipinski definition) is 1. The quantitative estimate of drug-likeness (QED) is 0.0607. The first-order valence-corrected chi connectivity index (χ1v) is 31.1. The number of amides is 1. The number of nitrogens with two attached hydrogens (primary N) is 1. The topological polar surface area (TPSA) is 43.1 Å². The van der Waals surface area contributed by atoms with Gasteiger partial charge in [0, 0.05) is 6.42 Å². The summed E-state index contributed by atoms with van der Waals surface area (Å²) in [6.45, 7) is 2.31. The molecular weight excluding hydrogens is 775 g/mol. The van der Waals surface area contributed by atoms with Crippen LogP contribution in [0, 0.1) is 0 Å². The van der Waals surface area contributed by atoms with Crippen LogP contribution in [0.5, 0.6) is 0 Å². The first kappa shape index (κ1) is 63.5. The van der Waals surface area contributed by atoms with Crippen molar-refractivity contribution in [3.8, 4) is 0 Å². The highest BCUT2D eigenvalue weighted by Gasteiger charge is 2.00. The summed E-state index contributed by atoms with van der Waals surface area (Å²) >= 11 is 0. The minimum absolute atomic E-state index is 0.145. The van der Waals surface area contributed by atoms with Gasteiger partial charge in [-0.05, 0) is 6.42 Å². The highest BCUT2D eigenvalue weighted by atomic mass is 16.1. The molecule has 0 aromatic rings. The molecule has 384 valence electrons. The number of unbranched alkanes of at least 4 members (excludes halogenated alkanes) is 58. The molecule has 0 saturated carbocycles. The van der Waals surface area contributed by atoms with E-state index in [0.29, 0.717) is 6.42 Å². The van der Waals surface area contributed by atoms with Crippen molar-refractivity contribution in [1.82, 2.24) is 0 Å². The van der Waals surface area contributed by atoms with Gasteiger partial charge < -0.3 is 5.73 Å². The fourth-order valence-corrected chi connectivity index (χ4v) is 10.4. The molecule has 0 unspecified atom stereocenters. The van der Waals surface area contributed by atoms with Crippen LogP contribution in [0.3, 0.4) is 0 Å². The maximum Gasteiger partial charge on any atom is 0.217 e. The highest BCUT2D eigenvalue weighted by molar-refractivity contribution is 5.73. The molecule has 0 bridgehead atoms. The van der Waals surface area contributed by atoms with Crippen LogP contribution in [0.4, 0.5) is 0 Å². The van der Waals surface area contributed by atoms with Crippen molar-refractivity contribution in [1.29, 1.82) is 0 Å². The second-order valence-corrected chi connectivity index (χ2v) is 21.7. The maximum absolute atomic E-state index is 10.8. The summed E-state index contributed by atoms with van der Waals surface area (Å²) in [6.07, 6.45) is 86.5. The molecule has 2 heteroatoms. The number of carbonyl (C=O) groups excluding carboxylic acids is 1. The zero-order valence-corrected chi connectivity index (χ0v) is 44.9. The molecule has 2 N–H and O–H groups in total. The van der Waals surface area contributed by atoms with E-state index in [4.69, 9.17) is 5.73 Å². The second-order valence-electron chi connectivity index (χ2n) is 21.7.